The molecule has 0 aliphatic heterocycles. The fraction of sp³-hybridized carbons (Fsp3) is 0.600. The zero-order valence-electron chi connectivity index (χ0n) is 11.2. The number of hydrogen-bond acceptors (Lipinski definition) is 2. The van der Waals surface area contributed by atoms with Gasteiger partial charge in [0.15, 0.2) is 6.29 Å². The summed E-state index contributed by atoms with van der Waals surface area (Å²) in [6.07, 6.45) is 1.92. The lowest BCUT2D eigenvalue weighted by molar-refractivity contribution is -0.153. The first-order valence-corrected chi connectivity index (χ1v) is 6.57. The third-order valence-electron chi connectivity index (χ3n) is 2.71. The Labute approximate surface area is 105 Å². The van der Waals surface area contributed by atoms with Crippen LogP contribution in [0.4, 0.5) is 0 Å². The number of benzene rings is 1. The molecule has 1 unspecified atom stereocenters. The number of hydrogen-bond donors (Lipinski definition) is 0. The van der Waals surface area contributed by atoms with E-state index < -0.39 is 0 Å². The van der Waals surface area contributed by atoms with Gasteiger partial charge in [0.05, 0.1) is 0 Å². The van der Waals surface area contributed by atoms with Crippen molar-refractivity contribution < 1.29 is 9.47 Å². The van der Waals surface area contributed by atoms with Crippen LogP contribution in [0.15, 0.2) is 30.3 Å². The molecule has 96 valence electrons. The van der Waals surface area contributed by atoms with Gasteiger partial charge in [-0.15, -0.1) is 0 Å². The minimum Gasteiger partial charge on any atom is -0.352 e. The highest BCUT2D eigenvalue weighted by Crippen LogP contribution is 2.22. The van der Waals surface area contributed by atoms with Gasteiger partial charge in [-0.2, -0.15) is 0 Å². The molecule has 1 aromatic rings. The normalized spacial score (nSPS) is 12.9. The third kappa shape index (κ3) is 4.88. The van der Waals surface area contributed by atoms with Gasteiger partial charge in [0.1, 0.15) is 0 Å². The Morgan fingerprint density at radius 2 is 1.47 bits per heavy atom. The molecule has 0 spiro atoms. The SMILES string of the molecule is CCCOC(OCCC)C(C)c1ccccc1. The molecule has 1 atom stereocenters. The molecular weight excluding hydrogens is 212 g/mol. The van der Waals surface area contributed by atoms with Gasteiger partial charge in [-0.05, 0) is 18.4 Å². The minimum absolute atomic E-state index is 0.128. The van der Waals surface area contributed by atoms with Gasteiger partial charge in [0, 0.05) is 19.1 Å². The van der Waals surface area contributed by atoms with Crippen molar-refractivity contribution in [2.24, 2.45) is 0 Å². The van der Waals surface area contributed by atoms with Crippen LogP contribution < -0.4 is 0 Å². The van der Waals surface area contributed by atoms with Gasteiger partial charge in [0.2, 0.25) is 0 Å². The van der Waals surface area contributed by atoms with Crippen LogP contribution >= 0.6 is 0 Å². The molecule has 0 amide bonds. The van der Waals surface area contributed by atoms with Crippen molar-refractivity contribution in [2.75, 3.05) is 13.2 Å². The first kappa shape index (κ1) is 14.2. The largest absolute Gasteiger partial charge is 0.352 e. The average molecular weight is 236 g/mol. The van der Waals surface area contributed by atoms with Gasteiger partial charge >= 0.3 is 0 Å². The second-order valence-corrected chi connectivity index (χ2v) is 4.31. The number of rotatable bonds is 8. The summed E-state index contributed by atoms with van der Waals surface area (Å²) in [6, 6.07) is 10.4. The van der Waals surface area contributed by atoms with E-state index in [0.29, 0.717) is 0 Å². The number of ether oxygens (including phenoxy) is 2. The van der Waals surface area contributed by atoms with Crippen LogP contribution in [0.25, 0.3) is 0 Å². The van der Waals surface area contributed by atoms with Crippen LogP contribution in [-0.2, 0) is 9.47 Å². The van der Waals surface area contributed by atoms with Crippen molar-refractivity contribution >= 4 is 0 Å². The second-order valence-electron chi connectivity index (χ2n) is 4.31. The summed E-state index contributed by atoms with van der Waals surface area (Å²) in [5.41, 5.74) is 1.27. The third-order valence-corrected chi connectivity index (χ3v) is 2.71. The van der Waals surface area contributed by atoms with Crippen molar-refractivity contribution in [2.45, 2.75) is 45.8 Å². The lowest BCUT2D eigenvalue weighted by Gasteiger charge is -2.24. The Kier molecular flexibility index (Phi) is 6.90. The molecule has 0 aromatic heterocycles. The maximum absolute atomic E-state index is 5.79. The van der Waals surface area contributed by atoms with Gasteiger partial charge in [-0.3, -0.25) is 0 Å². The molecule has 1 rings (SSSR count). The fourth-order valence-corrected chi connectivity index (χ4v) is 1.72. The first-order valence-electron chi connectivity index (χ1n) is 6.57. The highest BCUT2D eigenvalue weighted by atomic mass is 16.7. The Morgan fingerprint density at radius 3 is 1.94 bits per heavy atom. The van der Waals surface area contributed by atoms with Crippen LogP contribution in [-0.4, -0.2) is 19.5 Å². The Morgan fingerprint density at radius 1 is 0.941 bits per heavy atom. The van der Waals surface area contributed by atoms with Crippen LogP contribution in [0.3, 0.4) is 0 Å². The molecule has 1 aromatic carbocycles. The summed E-state index contributed by atoms with van der Waals surface area (Å²) in [7, 11) is 0. The van der Waals surface area contributed by atoms with Crippen molar-refractivity contribution in [1.29, 1.82) is 0 Å². The molecule has 0 bridgehead atoms. The fourth-order valence-electron chi connectivity index (χ4n) is 1.72. The summed E-state index contributed by atoms with van der Waals surface area (Å²) in [5.74, 6) is 0.272. The van der Waals surface area contributed by atoms with E-state index in [4.69, 9.17) is 9.47 Å². The van der Waals surface area contributed by atoms with E-state index in [9.17, 15) is 0 Å². The van der Waals surface area contributed by atoms with Gasteiger partial charge in [-0.25, -0.2) is 0 Å². The lowest BCUT2D eigenvalue weighted by atomic mass is 10.0. The molecule has 2 heteroatoms. The predicted molar refractivity (Wildman–Crippen MR) is 71.1 cm³/mol. The molecule has 0 aliphatic rings. The Hall–Kier alpha value is -0.860. The first-order chi connectivity index (χ1) is 8.29. The van der Waals surface area contributed by atoms with Crippen LogP contribution in [0, 0.1) is 0 Å². The molecule has 17 heavy (non-hydrogen) atoms. The van der Waals surface area contributed by atoms with Crippen molar-refractivity contribution in [1.82, 2.24) is 0 Å². The molecule has 0 radical (unpaired) electrons. The average Bonchev–Trinajstić information content (AvgIpc) is 2.39. The highest BCUT2D eigenvalue weighted by molar-refractivity contribution is 5.19. The van der Waals surface area contributed by atoms with Crippen LogP contribution in [0.5, 0.6) is 0 Å². The van der Waals surface area contributed by atoms with Gasteiger partial charge in [0.25, 0.3) is 0 Å². The molecule has 0 saturated carbocycles. The Balaban J connectivity index is 2.61. The predicted octanol–water partition coefficient (Wildman–Crippen LogP) is 3.97. The maximum Gasteiger partial charge on any atom is 0.164 e. The summed E-state index contributed by atoms with van der Waals surface area (Å²) >= 11 is 0. The second kappa shape index (κ2) is 8.26. The molecule has 0 aliphatic carbocycles. The molecule has 0 fully saturated rings. The molecule has 0 saturated heterocycles. The molecule has 2 nitrogen and oxygen atoms in total. The van der Waals surface area contributed by atoms with Gasteiger partial charge < -0.3 is 9.47 Å². The van der Waals surface area contributed by atoms with E-state index in [-0.39, 0.29) is 12.2 Å². The quantitative estimate of drug-likeness (QED) is 0.636. The van der Waals surface area contributed by atoms with E-state index in [2.05, 4.69) is 45.0 Å². The zero-order valence-corrected chi connectivity index (χ0v) is 11.2. The summed E-state index contributed by atoms with van der Waals surface area (Å²) in [6.45, 7) is 7.90. The standard InChI is InChI=1S/C15H24O2/c1-4-11-16-15(17-12-5-2)13(3)14-9-7-6-8-10-14/h6-10,13,15H,4-5,11-12H2,1-3H3. The van der Waals surface area contributed by atoms with E-state index >= 15 is 0 Å². The van der Waals surface area contributed by atoms with Crippen LogP contribution in [0.2, 0.25) is 0 Å². The van der Waals surface area contributed by atoms with E-state index in [1.165, 1.54) is 5.56 Å². The topological polar surface area (TPSA) is 18.5 Å². The summed E-state index contributed by atoms with van der Waals surface area (Å²) < 4.78 is 11.6. The van der Waals surface area contributed by atoms with Gasteiger partial charge in [-0.1, -0.05) is 51.1 Å². The summed E-state index contributed by atoms with van der Waals surface area (Å²) in [4.78, 5) is 0. The smallest absolute Gasteiger partial charge is 0.164 e. The lowest BCUT2D eigenvalue weighted by Crippen LogP contribution is -2.24. The van der Waals surface area contributed by atoms with E-state index in [1.54, 1.807) is 0 Å². The van der Waals surface area contributed by atoms with Crippen LogP contribution in [0.1, 0.15) is 45.1 Å². The maximum atomic E-state index is 5.79. The monoisotopic (exact) mass is 236 g/mol. The molecular formula is C15H24O2. The van der Waals surface area contributed by atoms with Crippen molar-refractivity contribution in [3.05, 3.63) is 35.9 Å². The zero-order chi connectivity index (χ0) is 12.5. The minimum atomic E-state index is -0.128. The van der Waals surface area contributed by atoms with E-state index in [0.717, 1.165) is 26.1 Å². The molecule has 0 heterocycles. The molecule has 0 N–H and O–H groups in total. The van der Waals surface area contributed by atoms with E-state index in [1.807, 2.05) is 6.07 Å². The Bertz CT molecular complexity index is 276. The summed E-state index contributed by atoms with van der Waals surface area (Å²) in [5, 5.41) is 0. The highest BCUT2D eigenvalue weighted by Gasteiger charge is 2.19. The van der Waals surface area contributed by atoms with Crippen molar-refractivity contribution in [3.8, 4) is 0 Å². The van der Waals surface area contributed by atoms with Crippen molar-refractivity contribution in [3.63, 3.8) is 0 Å².